The lowest BCUT2D eigenvalue weighted by molar-refractivity contribution is -0.137. The summed E-state index contributed by atoms with van der Waals surface area (Å²) in [7, 11) is 1.43. The van der Waals surface area contributed by atoms with E-state index in [-0.39, 0.29) is 5.97 Å². The number of aliphatic carboxylic acids is 1. The Labute approximate surface area is 122 Å². The smallest absolute Gasteiger partial charge is 0.333 e. The molecular weight excluding hydrogens is 256 g/mol. The predicted molar refractivity (Wildman–Crippen MR) is 79.4 cm³/mol. The Bertz CT molecular complexity index is 310. The molecule has 4 nitrogen and oxygen atoms in total. The maximum absolute atomic E-state index is 11.3. The van der Waals surface area contributed by atoms with Crippen molar-refractivity contribution in [1.82, 2.24) is 0 Å². The Morgan fingerprint density at radius 1 is 1.25 bits per heavy atom. The van der Waals surface area contributed by atoms with Crippen LogP contribution in [0, 0.1) is 11.8 Å². The maximum atomic E-state index is 11.3. The maximum Gasteiger partial charge on any atom is 0.333 e. The molecule has 0 spiro atoms. The van der Waals surface area contributed by atoms with E-state index in [0.29, 0.717) is 11.5 Å². The van der Waals surface area contributed by atoms with Crippen LogP contribution in [0.4, 0.5) is 0 Å². The number of hydrogen-bond acceptors (Lipinski definition) is 3. The first kappa shape index (κ1) is 18.7. The lowest BCUT2D eigenvalue weighted by Gasteiger charge is -2.28. The Morgan fingerprint density at radius 2 is 1.75 bits per heavy atom. The van der Waals surface area contributed by atoms with Crippen molar-refractivity contribution in [2.75, 3.05) is 7.11 Å². The second-order valence-electron chi connectivity index (χ2n) is 5.40. The molecule has 4 heteroatoms. The molecule has 0 atom stereocenters. The number of methoxy groups -OCH3 is 1. The van der Waals surface area contributed by atoms with Crippen LogP contribution in [-0.4, -0.2) is 24.2 Å². The van der Waals surface area contributed by atoms with Crippen LogP contribution in [0.5, 0.6) is 0 Å². The van der Waals surface area contributed by atoms with E-state index < -0.39 is 5.97 Å². The molecule has 1 rings (SSSR count). The zero-order valence-corrected chi connectivity index (χ0v) is 13.0. The van der Waals surface area contributed by atoms with Gasteiger partial charge in [-0.05, 0) is 37.5 Å². The zero-order chi connectivity index (χ0) is 15.5. The highest BCUT2D eigenvalue weighted by Crippen LogP contribution is 2.35. The van der Waals surface area contributed by atoms with Crippen LogP contribution in [-0.2, 0) is 14.3 Å². The average molecular weight is 284 g/mol. The number of ether oxygens (including phenoxy) is 1. The van der Waals surface area contributed by atoms with Gasteiger partial charge in [-0.25, -0.2) is 4.79 Å². The first-order chi connectivity index (χ1) is 9.42. The molecule has 0 unspecified atom stereocenters. The number of hydrogen-bond donors (Lipinski definition) is 1. The topological polar surface area (TPSA) is 63.6 Å². The highest BCUT2D eigenvalue weighted by molar-refractivity contribution is 5.88. The largest absolute Gasteiger partial charge is 0.481 e. The van der Waals surface area contributed by atoms with Gasteiger partial charge in [0.05, 0.1) is 7.11 Å². The van der Waals surface area contributed by atoms with Gasteiger partial charge in [-0.15, -0.1) is 0 Å². The summed E-state index contributed by atoms with van der Waals surface area (Å²) in [6, 6.07) is 0. The van der Waals surface area contributed by atoms with E-state index in [1.54, 1.807) is 0 Å². The predicted octanol–water partition coefficient (Wildman–Crippen LogP) is 3.80. The van der Waals surface area contributed by atoms with Crippen molar-refractivity contribution in [3.05, 3.63) is 12.2 Å². The molecular formula is C16H28O4. The van der Waals surface area contributed by atoms with Gasteiger partial charge in [-0.3, -0.25) is 4.79 Å². The minimum Gasteiger partial charge on any atom is -0.481 e. The van der Waals surface area contributed by atoms with E-state index >= 15 is 0 Å². The zero-order valence-electron chi connectivity index (χ0n) is 13.0. The summed E-state index contributed by atoms with van der Waals surface area (Å²) in [4.78, 5) is 20.3. The lowest BCUT2D eigenvalue weighted by Crippen LogP contribution is -2.20. The average Bonchev–Trinajstić information content (AvgIpc) is 2.43. The van der Waals surface area contributed by atoms with Gasteiger partial charge in [-0.1, -0.05) is 32.8 Å². The molecule has 1 fully saturated rings. The second-order valence-corrected chi connectivity index (χ2v) is 5.40. The molecule has 0 radical (unpaired) electrons. The van der Waals surface area contributed by atoms with Crippen LogP contribution < -0.4 is 0 Å². The summed E-state index contributed by atoms with van der Waals surface area (Å²) in [5.74, 6) is 0.184. The molecule has 1 saturated carbocycles. The molecule has 0 amide bonds. The van der Waals surface area contributed by atoms with Crippen molar-refractivity contribution in [3.8, 4) is 0 Å². The van der Waals surface area contributed by atoms with Crippen molar-refractivity contribution in [3.63, 3.8) is 0 Å². The van der Waals surface area contributed by atoms with Crippen molar-refractivity contribution >= 4 is 11.9 Å². The van der Waals surface area contributed by atoms with Crippen molar-refractivity contribution in [2.45, 2.75) is 58.8 Å². The molecule has 0 saturated heterocycles. The normalized spacial score (nSPS) is 21.4. The van der Waals surface area contributed by atoms with Gasteiger partial charge in [0.2, 0.25) is 0 Å². The standard InChI is InChI=1S/C14H24O2.C2H4O2/c1-4-5-6-12-7-9-13(10-8-12)11(2)14(15)16-3;1-2(3)4/h12-13H,2,4-10H2,1,3H3;1H3,(H,3,4). The van der Waals surface area contributed by atoms with E-state index in [2.05, 4.69) is 13.5 Å². The van der Waals surface area contributed by atoms with Gasteiger partial charge >= 0.3 is 5.97 Å². The molecule has 1 aliphatic rings. The van der Waals surface area contributed by atoms with Crippen LogP contribution in [0.15, 0.2) is 12.2 Å². The molecule has 0 aromatic heterocycles. The number of esters is 1. The molecule has 20 heavy (non-hydrogen) atoms. The van der Waals surface area contributed by atoms with Gasteiger partial charge in [0.25, 0.3) is 5.97 Å². The van der Waals surface area contributed by atoms with E-state index in [4.69, 9.17) is 14.6 Å². The van der Waals surface area contributed by atoms with Gasteiger partial charge in [-0.2, -0.15) is 0 Å². The summed E-state index contributed by atoms with van der Waals surface area (Å²) < 4.78 is 4.72. The van der Waals surface area contributed by atoms with Gasteiger partial charge in [0, 0.05) is 12.5 Å². The number of carbonyl (C=O) groups excluding carboxylic acids is 1. The molecule has 0 aromatic carbocycles. The summed E-state index contributed by atoms with van der Waals surface area (Å²) >= 11 is 0. The fourth-order valence-electron chi connectivity index (χ4n) is 2.59. The highest BCUT2D eigenvalue weighted by Gasteiger charge is 2.25. The molecule has 0 aromatic rings. The fourth-order valence-corrected chi connectivity index (χ4v) is 2.59. The fraction of sp³-hybridized carbons (Fsp3) is 0.750. The van der Waals surface area contributed by atoms with Crippen LogP contribution in [0.1, 0.15) is 58.8 Å². The minimum atomic E-state index is -0.833. The highest BCUT2D eigenvalue weighted by atomic mass is 16.5. The van der Waals surface area contributed by atoms with E-state index in [9.17, 15) is 4.79 Å². The van der Waals surface area contributed by atoms with Gasteiger partial charge in [0.15, 0.2) is 0 Å². The molecule has 116 valence electrons. The summed E-state index contributed by atoms with van der Waals surface area (Å²) in [5, 5.41) is 7.42. The Hall–Kier alpha value is -1.32. The molecule has 0 bridgehead atoms. The summed E-state index contributed by atoms with van der Waals surface area (Å²) in [6.07, 6.45) is 8.71. The minimum absolute atomic E-state index is 0.225. The quantitative estimate of drug-likeness (QED) is 0.616. The second kappa shape index (κ2) is 10.5. The third-order valence-corrected chi connectivity index (χ3v) is 3.75. The Kier molecular flexibility index (Phi) is 9.77. The monoisotopic (exact) mass is 284 g/mol. The number of carboxylic acid groups (broad SMARTS) is 1. The van der Waals surface area contributed by atoms with E-state index in [1.807, 2.05) is 0 Å². The first-order valence-corrected chi connectivity index (χ1v) is 7.38. The Morgan fingerprint density at radius 3 is 2.15 bits per heavy atom. The van der Waals surface area contributed by atoms with Crippen molar-refractivity contribution < 1.29 is 19.4 Å². The number of rotatable bonds is 5. The molecule has 1 aliphatic carbocycles. The number of unbranched alkanes of at least 4 members (excludes halogenated alkanes) is 1. The summed E-state index contributed by atoms with van der Waals surface area (Å²) in [6.45, 7) is 7.19. The Balaban J connectivity index is 0.000000796. The molecule has 0 heterocycles. The summed E-state index contributed by atoms with van der Waals surface area (Å²) in [5.41, 5.74) is 0.677. The van der Waals surface area contributed by atoms with Crippen LogP contribution >= 0.6 is 0 Å². The van der Waals surface area contributed by atoms with Gasteiger partial charge in [0.1, 0.15) is 0 Å². The van der Waals surface area contributed by atoms with Crippen LogP contribution in [0.2, 0.25) is 0 Å². The van der Waals surface area contributed by atoms with Crippen LogP contribution in [0.3, 0.4) is 0 Å². The molecule has 0 aliphatic heterocycles. The van der Waals surface area contributed by atoms with E-state index in [1.165, 1.54) is 39.2 Å². The number of carbonyl (C=O) groups is 2. The van der Waals surface area contributed by atoms with Gasteiger partial charge < -0.3 is 9.84 Å². The van der Waals surface area contributed by atoms with Crippen molar-refractivity contribution in [1.29, 1.82) is 0 Å². The van der Waals surface area contributed by atoms with E-state index in [0.717, 1.165) is 25.7 Å². The third kappa shape index (κ3) is 7.97. The van der Waals surface area contributed by atoms with Crippen LogP contribution in [0.25, 0.3) is 0 Å². The van der Waals surface area contributed by atoms with Crippen molar-refractivity contribution in [2.24, 2.45) is 11.8 Å². The SMILES string of the molecule is C=C(C(=O)OC)C1CCC(CCCC)CC1.CC(=O)O. The molecule has 1 N–H and O–H groups in total. The first-order valence-electron chi connectivity index (χ1n) is 7.38. The lowest BCUT2D eigenvalue weighted by atomic mass is 9.77. The third-order valence-electron chi connectivity index (χ3n) is 3.75. The number of carboxylic acids is 1.